The second kappa shape index (κ2) is 5.79. The number of hydrogen-bond donors (Lipinski definition) is 1. The summed E-state index contributed by atoms with van der Waals surface area (Å²) in [6.45, 7) is 9.50. The Labute approximate surface area is 120 Å². The van der Waals surface area contributed by atoms with Gasteiger partial charge in [-0.25, -0.2) is 0 Å². The van der Waals surface area contributed by atoms with Crippen molar-refractivity contribution in [3.8, 4) is 0 Å². The smallest absolute Gasteiger partial charge is 0.0914 e. The summed E-state index contributed by atoms with van der Waals surface area (Å²) in [7, 11) is 0. The van der Waals surface area contributed by atoms with E-state index in [1.807, 2.05) is 6.07 Å². The number of aromatic nitrogens is 1. The first-order valence-electron chi connectivity index (χ1n) is 6.92. The number of hydrogen-bond acceptors (Lipinski definition) is 2. The van der Waals surface area contributed by atoms with E-state index in [4.69, 9.17) is 16.6 Å². The molecule has 0 saturated carbocycles. The Balaban J connectivity index is 2.80. The molecule has 0 aliphatic heterocycles. The summed E-state index contributed by atoms with van der Waals surface area (Å²) in [5.74, 6) is 0. The molecule has 102 valence electrons. The number of fused-ring (bicyclic) bond motifs is 1. The van der Waals surface area contributed by atoms with E-state index >= 15 is 0 Å². The lowest BCUT2D eigenvalue weighted by Gasteiger charge is -2.18. The Morgan fingerprint density at radius 2 is 1.95 bits per heavy atom. The van der Waals surface area contributed by atoms with Gasteiger partial charge in [-0.15, -0.1) is 0 Å². The lowest BCUT2D eigenvalue weighted by Crippen LogP contribution is -2.07. The molecule has 3 heteroatoms. The van der Waals surface area contributed by atoms with Crippen LogP contribution in [0.15, 0.2) is 12.1 Å². The summed E-state index contributed by atoms with van der Waals surface area (Å²) in [6.07, 6.45) is 2.08. The molecule has 0 radical (unpaired) electrons. The topological polar surface area (TPSA) is 24.9 Å². The van der Waals surface area contributed by atoms with Crippen molar-refractivity contribution >= 4 is 28.2 Å². The quantitative estimate of drug-likeness (QED) is 0.860. The molecule has 19 heavy (non-hydrogen) atoms. The highest BCUT2D eigenvalue weighted by atomic mass is 35.5. The largest absolute Gasteiger partial charge is 0.384 e. The summed E-state index contributed by atoms with van der Waals surface area (Å²) < 4.78 is 0. The van der Waals surface area contributed by atoms with Crippen molar-refractivity contribution in [3.05, 3.63) is 34.0 Å². The van der Waals surface area contributed by atoms with E-state index < -0.39 is 0 Å². The molecule has 0 unspecified atom stereocenters. The Hall–Kier alpha value is -1.28. The normalized spacial score (nSPS) is 11.0. The fourth-order valence-corrected chi connectivity index (χ4v) is 2.74. The van der Waals surface area contributed by atoms with Crippen molar-refractivity contribution in [2.45, 2.75) is 40.5 Å². The minimum absolute atomic E-state index is 0.728. The van der Waals surface area contributed by atoms with Crippen LogP contribution < -0.4 is 5.32 Å². The lowest BCUT2D eigenvalue weighted by atomic mass is 10.0. The first-order valence-corrected chi connectivity index (χ1v) is 7.30. The van der Waals surface area contributed by atoms with Crippen molar-refractivity contribution in [3.63, 3.8) is 0 Å². The van der Waals surface area contributed by atoms with Crippen LogP contribution in [0, 0.1) is 13.8 Å². The van der Waals surface area contributed by atoms with E-state index in [2.05, 4.69) is 39.1 Å². The zero-order chi connectivity index (χ0) is 14.0. The number of anilines is 1. The number of aryl methyl sites for hydroxylation is 2. The van der Waals surface area contributed by atoms with Crippen molar-refractivity contribution in [2.24, 2.45) is 0 Å². The van der Waals surface area contributed by atoms with Crippen LogP contribution >= 0.6 is 11.6 Å². The van der Waals surface area contributed by atoms with Crippen LogP contribution in [0.2, 0.25) is 5.02 Å². The van der Waals surface area contributed by atoms with E-state index in [0.717, 1.165) is 35.6 Å². The predicted molar refractivity (Wildman–Crippen MR) is 84.4 cm³/mol. The molecule has 1 aromatic carbocycles. The second-order valence-electron chi connectivity index (χ2n) is 4.92. The minimum atomic E-state index is 0.728. The van der Waals surface area contributed by atoms with Gasteiger partial charge in [-0.1, -0.05) is 31.5 Å². The van der Waals surface area contributed by atoms with Crippen molar-refractivity contribution < 1.29 is 0 Å². The van der Waals surface area contributed by atoms with Crippen LogP contribution in [-0.2, 0) is 6.42 Å². The summed E-state index contributed by atoms with van der Waals surface area (Å²) >= 11 is 6.31. The fourth-order valence-electron chi connectivity index (χ4n) is 2.54. The van der Waals surface area contributed by atoms with Gasteiger partial charge in [-0.2, -0.15) is 0 Å². The molecule has 2 rings (SSSR count). The molecular weight excluding hydrogens is 256 g/mol. The number of benzene rings is 1. The Morgan fingerprint density at radius 3 is 2.58 bits per heavy atom. The molecule has 2 aromatic rings. The molecule has 0 spiro atoms. The van der Waals surface area contributed by atoms with E-state index in [1.54, 1.807) is 0 Å². The summed E-state index contributed by atoms with van der Waals surface area (Å²) in [6, 6.07) is 4.00. The van der Waals surface area contributed by atoms with E-state index in [-0.39, 0.29) is 0 Å². The molecular formula is C16H21ClN2. The second-order valence-corrected chi connectivity index (χ2v) is 5.33. The van der Waals surface area contributed by atoms with Gasteiger partial charge in [0.1, 0.15) is 0 Å². The van der Waals surface area contributed by atoms with Gasteiger partial charge in [0.25, 0.3) is 0 Å². The summed E-state index contributed by atoms with van der Waals surface area (Å²) in [4.78, 5) is 4.70. The molecule has 1 N–H and O–H groups in total. The van der Waals surface area contributed by atoms with Gasteiger partial charge in [0.05, 0.1) is 10.5 Å². The van der Waals surface area contributed by atoms with Crippen LogP contribution in [0.5, 0.6) is 0 Å². The monoisotopic (exact) mass is 276 g/mol. The van der Waals surface area contributed by atoms with E-state index in [9.17, 15) is 0 Å². The summed E-state index contributed by atoms with van der Waals surface area (Å²) in [5, 5.41) is 5.46. The standard InChI is InChI=1S/C16H21ClN2/c1-5-9-18-15-12(6-2)11(4)19-16-13(17)8-7-10(3)14(15)16/h7-8H,5-6,9H2,1-4H3,(H,18,19). The molecule has 1 heterocycles. The molecule has 0 aliphatic rings. The molecule has 0 saturated heterocycles. The van der Waals surface area contributed by atoms with Gasteiger partial charge >= 0.3 is 0 Å². The third-order valence-electron chi connectivity index (χ3n) is 3.51. The Morgan fingerprint density at radius 1 is 1.21 bits per heavy atom. The third-order valence-corrected chi connectivity index (χ3v) is 3.82. The molecule has 0 fully saturated rings. The highest BCUT2D eigenvalue weighted by molar-refractivity contribution is 6.35. The number of nitrogens with one attached hydrogen (secondary N) is 1. The highest BCUT2D eigenvalue weighted by Crippen LogP contribution is 2.34. The van der Waals surface area contributed by atoms with Crippen molar-refractivity contribution in [1.82, 2.24) is 4.98 Å². The number of halogens is 1. The van der Waals surface area contributed by atoms with Crippen LogP contribution in [0.25, 0.3) is 10.9 Å². The minimum Gasteiger partial charge on any atom is -0.384 e. The first kappa shape index (κ1) is 14.1. The van der Waals surface area contributed by atoms with Crippen molar-refractivity contribution in [2.75, 3.05) is 11.9 Å². The zero-order valence-corrected chi connectivity index (χ0v) is 12.9. The SMILES string of the molecule is CCCNc1c(CC)c(C)nc2c(Cl)ccc(C)c12. The van der Waals surface area contributed by atoms with Crippen LogP contribution in [0.1, 0.15) is 37.1 Å². The van der Waals surface area contributed by atoms with E-state index in [0.29, 0.717) is 0 Å². The average Bonchev–Trinajstić information content (AvgIpc) is 2.40. The molecule has 0 aliphatic carbocycles. The average molecular weight is 277 g/mol. The Kier molecular flexibility index (Phi) is 4.31. The third kappa shape index (κ3) is 2.55. The van der Waals surface area contributed by atoms with Crippen LogP contribution in [-0.4, -0.2) is 11.5 Å². The molecule has 2 nitrogen and oxygen atoms in total. The fraction of sp³-hybridized carbons (Fsp3) is 0.438. The maximum atomic E-state index is 6.31. The van der Waals surface area contributed by atoms with Gasteiger partial charge in [-0.05, 0) is 43.9 Å². The van der Waals surface area contributed by atoms with Gasteiger partial charge in [0, 0.05) is 23.3 Å². The number of nitrogens with zero attached hydrogens (tertiary/aromatic N) is 1. The molecule has 0 amide bonds. The Bertz CT molecular complexity index is 605. The summed E-state index contributed by atoms with van der Waals surface area (Å²) in [5.41, 5.74) is 5.72. The van der Waals surface area contributed by atoms with Crippen molar-refractivity contribution in [1.29, 1.82) is 0 Å². The maximum Gasteiger partial charge on any atom is 0.0914 e. The first-order chi connectivity index (χ1) is 9.10. The maximum absolute atomic E-state index is 6.31. The molecule has 0 atom stereocenters. The lowest BCUT2D eigenvalue weighted by molar-refractivity contribution is 0.968. The highest BCUT2D eigenvalue weighted by Gasteiger charge is 2.14. The molecule has 1 aromatic heterocycles. The molecule has 0 bridgehead atoms. The van der Waals surface area contributed by atoms with Crippen LogP contribution in [0.3, 0.4) is 0 Å². The van der Waals surface area contributed by atoms with Gasteiger partial charge in [0.2, 0.25) is 0 Å². The predicted octanol–water partition coefficient (Wildman–Crippen LogP) is 4.89. The van der Waals surface area contributed by atoms with Gasteiger partial charge in [0.15, 0.2) is 0 Å². The van der Waals surface area contributed by atoms with Gasteiger partial charge in [-0.3, -0.25) is 4.98 Å². The number of rotatable bonds is 4. The van der Waals surface area contributed by atoms with Gasteiger partial charge < -0.3 is 5.32 Å². The number of pyridine rings is 1. The zero-order valence-electron chi connectivity index (χ0n) is 12.1. The van der Waals surface area contributed by atoms with Crippen LogP contribution in [0.4, 0.5) is 5.69 Å². The van der Waals surface area contributed by atoms with E-state index in [1.165, 1.54) is 22.2 Å².